The Morgan fingerprint density at radius 2 is 1.43 bits per heavy atom. The van der Waals surface area contributed by atoms with E-state index in [-0.39, 0.29) is 55.7 Å². The van der Waals surface area contributed by atoms with Gasteiger partial charge in [-0.1, -0.05) is 34.1 Å². The van der Waals surface area contributed by atoms with Gasteiger partial charge in [0.15, 0.2) is 0 Å². The fraction of sp³-hybridized carbons (Fsp3) is 0.857. The number of rotatable bonds is 10. The summed E-state index contributed by atoms with van der Waals surface area (Å²) in [6.45, 7) is 7.17. The third-order valence-electron chi connectivity index (χ3n) is 3.81. The molecule has 0 saturated heterocycles. The first-order valence-electron chi connectivity index (χ1n) is 7.29. The van der Waals surface area contributed by atoms with Gasteiger partial charge in [0.05, 0.1) is 5.92 Å². The molecule has 0 aromatic heterocycles. The summed E-state index contributed by atoms with van der Waals surface area (Å²) in [5.74, 6) is -4.97. The minimum Gasteiger partial charge on any atom is -1.00 e. The van der Waals surface area contributed by atoms with E-state index in [2.05, 4.69) is 0 Å². The van der Waals surface area contributed by atoms with E-state index in [1.165, 1.54) is 0 Å². The summed E-state index contributed by atoms with van der Waals surface area (Å²) in [6, 6.07) is 0. The van der Waals surface area contributed by atoms with E-state index in [9.17, 15) is 32.8 Å². The average Bonchev–Trinajstić information content (AvgIpc) is 2.29. The van der Waals surface area contributed by atoms with Crippen molar-refractivity contribution in [2.45, 2.75) is 58.1 Å². The summed E-state index contributed by atoms with van der Waals surface area (Å²) in [6.07, 6.45) is -0.0359. The summed E-state index contributed by atoms with van der Waals surface area (Å²) < 4.78 is 30.4. The molecule has 0 amide bonds. The second-order valence-electron chi connectivity index (χ2n) is 6.46. The van der Waals surface area contributed by atoms with E-state index < -0.39 is 39.1 Å². The Bertz CT molecular complexity index is 507. The summed E-state index contributed by atoms with van der Waals surface area (Å²) in [7, 11) is -5.09. The fourth-order valence-corrected chi connectivity index (χ4v) is 3.58. The zero-order chi connectivity index (χ0) is 17.7. The standard InChI is InChI=1S/C14H26O7S.Na.H/c1-9(2)5-6-11(12(15)16)14(13(17)18,22(19,20)21)8-7-10(3)4;;/h9-11H,5-8H2,1-4H3,(H,15,16)(H,17,18)(H,19,20,21);;/q;+1;-1. The maximum atomic E-state index is 11.8. The maximum Gasteiger partial charge on any atom is 1.00 e. The molecule has 0 fully saturated rings. The van der Waals surface area contributed by atoms with Crippen LogP contribution in [0.15, 0.2) is 0 Å². The zero-order valence-electron chi connectivity index (χ0n) is 15.4. The van der Waals surface area contributed by atoms with Crippen LogP contribution in [0, 0.1) is 17.8 Å². The number of hydrogen-bond acceptors (Lipinski definition) is 4. The molecule has 0 aromatic rings. The number of carbonyl (C=O) groups is 2. The second-order valence-corrected chi connectivity index (χ2v) is 8.14. The van der Waals surface area contributed by atoms with Crippen LogP contribution >= 0.6 is 0 Å². The Hall–Kier alpha value is -0.150. The molecule has 0 spiro atoms. The zero-order valence-corrected chi connectivity index (χ0v) is 17.3. The van der Waals surface area contributed by atoms with Gasteiger partial charge in [-0.2, -0.15) is 8.42 Å². The van der Waals surface area contributed by atoms with Crippen LogP contribution in [0.5, 0.6) is 0 Å². The molecule has 0 radical (unpaired) electrons. The van der Waals surface area contributed by atoms with Crippen LogP contribution < -0.4 is 29.6 Å². The van der Waals surface area contributed by atoms with E-state index in [0.29, 0.717) is 6.42 Å². The van der Waals surface area contributed by atoms with E-state index in [1.807, 2.05) is 13.8 Å². The molecule has 7 nitrogen and oxygen atoms in total. The Balaban J connectivity index is -0.00000220. The molecule has 2 atom stereocenters. The molecule has 0 heterocycles. The molecule has 23 heavy (non-hydrogen) atoms. The molecule has 3 N–H and O–H groups in total. The van der Waals surface area contributed by atoms with Crippen molar-refractivity contribution in [2.75, 3.05) is 0 Å². The van der Waals surface area contributed by atoms with Gasteiger partial charge >= 0.3 is 41.5 Å². The molecule has 0 saturated carbocycles. The third kappa shape index (κ3) is 6.70. The van der Waals surface area contributed by atoms with Crippen molar-refractivity contribution in [2.24, 2.45) is 17.8 Å². The average molecular weight is 362 g/mol. The minimum atomic E-state index is -5.09. The quantitative estimate of drug-likeness (QED) is 0.349. The van der Waals surface area contributed by atoms with Gasteiger partial charge in [-0.15, -0.1) is 0 Å². The molecule has 2 unspecified atom stereocenters. The molecule has 0 rings (SSSR count). The van der Waals surface area contributed by atoms with Crippen molar-refractivity contribution in [1.29, 1.82) is 0 Å². The number of carboxylic acids is 2. The molecule has 9 heteroatoms. The first-order chi connectivity index (χ1) is 9.86. The van der Waals surface area contributed by atoms with Gasteiger partial charge in [0.25, 0.3) is 10.1 Å². The van der Waals surface area contributed by atoms with E-state index >= 15 is 0 Å². The molecule has 0 aliphatic heterocycles. The van der Waals surface area contributed by atoms with Gasteiger partial charge in [-0.25, -0.2) is 0 Å². The molecular formula is C14H27NaO7S. The van der Waals surface area contributed by atoms with E-state index in [4.69, 9.17) is 0 Å². The van der Waals surface area contributed by atoms with Gasteiger partial charge in [0.1, 0.15) is 0 Å². The largest absolute Gasteiger partial charge is 1.00 e. The first-order valence-corrected chi connectivity index (χ1v) is 8.73. The van der Waals surface area contributed by atoms with Crippen molar-refractivity contribution >= 4 is 22.1 Å². The summed E-state index contributed by atoms with van der Waals surface area (Å²) in [5, 5.41) is 18.8. The molecule has 0 aromatic carbocycles. The summed E-state index contributed by atoms with van der Waals surface area (Å²) in [5.41, 5.74) is 0. The Morgan fingerprint density at radius 3 is 1.70 bits per heavy atom. The number of carboxylic acid groups (broad SMARTS) is 2. The summed E-state index contributed by atoms with van der Waals surface area (Å²) >= 11 is 0. The van der Waals surface area contributed by atoms with Gasteiger partial charge in [0, 0.05) is 0 Å². The van der Waals surface area contributed by atoms with Crippen LogP contribution in [-0.2, 0) is 19.7 Å². The van der Waals surface area contributed by atoms with Crippen molar-refractivity contribution in [3.8, 4) is 0 Å². The van der Waals surface area contributed by atoms with Gasteiger partial charge in [0.2, 0.25) is 4.75 Å². The molecule has 0 bridgehead atoms. The predicted octanol–water partition coefficient (Wildman–Crippen LogP) is -0.613. The van der Waals surface area contributed by atoms with Crippen LogP contribution in [0.25, 0.3) is 0 Å². The maximum absolute atomic E-state index is 11.8. The van der Waals surface area contributed by atoms with E-state index in [1.54, 1.807) is 13.8 Å². The van der Waals surface area contributed by atoms with Crippen LogP contribution in [0.3, 0.4) is 0 Å². The Labute approximate surface area is 161 Å². The van der Waals surface area contributed by atoms with Crippen molar-refractivity contribution in [1.82, 2.24) is 0 Å². The summed E-state index contributed by atoms with van der Waals surface area (Å²) in [4.78, 5) is 23.2. The topological polar surface area (TPSA) is 129 Å². The fourth-order valence-electron chi connectivity index (χ4n) is 2.41. The Morgan fingerprint density at radius 1 is 1.00 bits per heavy atom. The first kappa shape index (κ1) is 25.1. The van der Waals surface area contributed by atoms with Crippen LogP contribution in [-0.4, -0.2) is 39.9 Å². The molecule has 0 aliphatic rings. The Kier molecular flexibility index (Phi) is 10.9. The predicted molar refractivity (Wildman–Crippen MR) is 82.3 cm³/mol. The normalized spacial score (nSPS) is 15.8. The monoisotopic (exact) mass is 362 g/mol. The van der Waals surface area contributed by atoms with Crippen LogP contribution in [0.1, 0.15) is 54.8 Å². The van der Waals surface area contributed by atoms with Crippen molar-refractivity contribution in [3.63, 3.8) is 0 Å². The second kappa shape index (κ2) is 9.98. The molecule has 0 aliphatic carbocycles. The van der Waals surface area contributed by atoms with Crippen molar-refractivity contribution < 1.29 is 63.8 Å². The third-order valence-corrected chi connectivity index (χ3v) is 5.39. The van der Waals surface area contributed by atoms with Gasteiger partial charge in [-0.3, -0.25) is 14.1 Å². The molecule has 132 valence electrons. The molecular weight excluding hydrogens is 335 g/mol. The van der Waals surface area contributed by atoms with Gasteiger partial charge in [-0.05, 0) is 31.1 Å². The number of hydrogen-bond donors (Lipinski definition) is 3. The van der Waals surface area contributed by atoms with E-state index in [0.717, 1.165) is 0 Å². The smallest absolute Gasteiger partial charge is 1.00 e. The van der Waals surface area contributed by atoms with Gasteiger partial charge < -0.3 is 11.6 Å². The van der Waals surface area contributed by atoms with Crippen LogP contribution in [0.4, 0.5) is 0 Å². The minimum absolute atomic E-state index is 0. The van der Waals surface area contributed by atoms with Crippen molar-refractivity contribution in [3.05, 3.63) is 0 Å². The SMILES string of the molecule is CC(C)CCC(C(=O)O)C(CCC(C)C)(C(=O)O)S(=O)(=O)O.[H-].[Na+]. The van der Waals surface area contributed by atoms with Crippen LogP contribution in [0.2, 0.25) is 0 Å². The number of aliphatic carboxylic acids is 2.